The highest BCUT2D eigenvalue weighted by Crippen LogP contribution is 2.50. The van der Waals surface area contributed by atoms with Crippen LogP contribution in [0.2, 0.25) is 0 Å². The van der Waals surface area contributed by atoms with Crippen LogP contribution in [0.1, 0.15) is 56.6 Å². The maximum absolute atomic E-state index is 14.2. The Balaban J connectivity index is 1.35. The van der Waals surface area contributed by atoms with Gasteiger partial charge in [-0.15, -0.1) is 0 Å². The molecule has 0 spiro atoms. The van der Waals surface area contributed by atoms with Gasteiger partial charge in [-0.05, 0) is 62.4 Å². The number of halogens is 2. The van der Waals surface area contributed by atoms with Crippen molar-refractivity contribution >= 4 is 11.7 Å². The van der Waals surface area contributed by atoms with Crippen LogP contribution in [0.4, 0.5) is 14.6 Å². The van der Waals surface area contributed by atoms with E-state index >= 15 is 0 Å². The van der Waals surface area contributed by atoms with Gasteiger partial charge in [0.25, 0.3) is 0 Å². The van der Waals surface area contributed by atoms with E-state index in [0.29, 0.717) is 31.0 Å². The van der Waals surface area contributed by atoms with E-state index < -0.39 is 17.2 Å². The number of hydrogen-bond acceptors (Lipinski definition) is 5. The van der Waals surface area contributed by atoms with Crippen molar-refractivity contribution in [2.75, 3.05) is 18.1 Å². The molecule has 33 heavy (non-hydrogen) atoms. The smallest absolute Gasteiger partial charge is 0.246 e. The lowest BCUT2D eigenvalue weighted by atomic mass is 10.1. The van der Waals surface area contributed by atoms with E-state index in [1.54, 1.807) is 12.3 Å². The van der Waals surface area contributed by atoms with Gasteiger partial charge in [-0.1, -0.05) is 13.3 Å². The molecule has 1 aliphatic heterocycles. The fourth-order valence-corrected chi connectivity index (χ4v) is 4.70. The molecule has 2 aromatic rings. The number of carbonyl (C=O) groups is 1. The highest BCUT2D eigenvalue weighted by molar-refractivity contribution is 5.77. The fraction of sp³-hybridized carbons (Fsp3) is 0.480. The summed E-state index contributed by atoms with van der Waals surface area (Å²) < 4.78 is 33.5. The Bertz CT molecular complexity index is 1030. The van der Waals surface area contributed by atoms with Crippen LogP contribution in [0.3, 0.4) is 0 Å². The van der Waals surface area contributed by atoms with E-state index in [1.165, 1.54) is 0 Å². The van der Waals surface area contributed by atoms with E-state index in [9.17, 15) is 13.6 Å². The van der Waals surface area contributed by atoms with Gasteiger partial charge in [-0.25, -0.2) is 13.8 Å². The summed E-state index contributed by atoms with van der Waals surface area (Å²) in [7, 11) is 0. The molecule has 1 saturated carbocycles. The summed E-state index contributed by atoms with van der Waals surface area (Å²) >= 11 is 0. The van der Waals surface area contributed by atoms with Gasteiger partial charge in [-0.3, -0.25) is 4.79 Å². The van der Waals surface area contributed by atoms with Gasteiger partial charge in [0.2, 0.25) is 5.91 Å². The molecular weight excluding hydrogens is 426 g/mol. The Morgan fingerprint density at radius 3 is 2.73 bits per heavy atom. The van der Waals surface area contributed by atoms with Crippen LogP contribution < -0.4 is 10.2 Å². The quantitative estimate of drug-likeness (QED) is 0.615. The first kappa shape index (κ1) is 23.1. The zero-order valence-corrected chi connectivity index (χ0v) is 18.7. The van der Waals surface area contributed by atoms with Crippen molar-refractivity contribution in [1.29, 1.82) is 5.26 Å². The predicted molar refractivity (Wildman–Crippen MR) is 119 cm³/mol. The van der Waals surface area contributed by atoms with Gasteiger partial charge < -0.3 is 15.0 Å². The molecule has 1 aromatic heterocycles. The minimum atomic E-state index is -0.915. The Kier molecular flexibility index (Phi) is 6.89. The largest absolute Gasteiger partial charge is 0.360 e. The number of anilines is 1. The number of hydrogen-bond donors (Lipinski definition) is 1. The Morgan fingerprint density at radius 2 is 2.06 bits per heavy atom. The number of pyridine rings is 1. The molecular formula is C25H28F2N4O2. The number of nitriles is 1. The molecule has 1 amide bonds. The first-order valence-electron chi connectivity index (χ1n) is 11.5. The fourth-order valence-electron chi connectivity index (χ4n) is 4.70. The van der Waals surface area contributed by atoms with Crippen LogP contribution in [0.25, 0.3) is 0 Å². The van der Waals surface area contributed by atoms with E-state index in [1.807, 2.05) is 6.07 Å². The van der Waals surface area contributed by atoms with E-state index in [2.05, 4.69) is 28.2 Å². The van der Waals surface area contributed by atoms with E-state index in [-0.39, 0.29) is 24.1 Å². The Hall–Kier alpha value is -3.05. The number of benzene rings is 1. The number of ether oxygens (including phenoxy) is 1. The zero-order chi connectivity index (χ0) is 23.4. The van der Waals surface area contributed by atoms with Crippen LogP contribution in [-0.2, 0) is 15.1 Å². The molecule has 2 aliphatic rings. The molecule has 1 saturated heterocycles. The van der Waals surface area contributed by atoms with Crippen molar-refractivity contribution in [3.8, 4) is 6.07 Å². The standard InChI is InChI=1S/C25H28F2N4O2/c1-2-3-19-6-7-20(31(19)23-9-4-17(13-28)14-29-23)15-30-24(32)16-33-25(10-11-25)21-12-18(26)5-8-22(21)27/h4-5,8-9,12,14,19-20H,2-3,6-7,10-11,15-16H2,1H3,(H,30,32). The summed E-state index contributed by atoms with van der Waals surface area (Å²) in [6.45, 7) is 2.37. The molecule has 1 N–H and O–H groups in total. The van der Waals surface area contributed by atoms with Gasteiger partial charge in [0.05, 0.1) is 11.2 Å². The summed E-state index contributed by atoms with van der Waals surface area (Å²) in [4.78, 5) is 19.2. The molecule has 2 fully saturated rings. The molecule has 2 atom stereocenters. The van der Waals surface area contributed by atoms with Crippen molar-refractivity contribution in [2.45, 2.75) is 63.1 Å². The van der Waals surface area contributed by atoms with Gasteiger partial charge >= 0.3 is 0 Å². The van der Waals surface area contributed by atoms with Gasteiger partial charge in [0, 0.05) is 30.4 Å². The normalized spacial score (nSPS) is 21.0. The molecule has 4 rings (SSSR count). The third-order valence-electron chi connectivity index (χ3n) is 6.52. The number of nitrogens with one attached hydrogen (secondary N) is 1. The summed E-state index contributed by atoms with van der Waals surface area (Å²) in [6, 6.07) is 9.43. The zero-order valence-electron chi connectivity index (χ0n) is 18.7. The van der Waals surface area contributed by atoms with E-state index in [4.69, 9.17) is 10.00 Å². The number of aromatic nitrogens is 1. The van der Waals surface area contributed by atoms with Crippen molar-refractivity contribution in [1.82, 2.24) is 10.3 Å². The van der Waals surface area contributed by atoms with Crippen molar-refractivity contribution in [2.24, 2.45) is 0 Å². The third kappa shape index (κ3) is 5.14. The molecule has 1 aromatic carbocycles. The average Bonchev–Trinajstić information content (AvgIpc) is 3.51. The molecule has 1 aliphatic carbocycles. The van der Waals surface area contributed by atoms with Gasteiger partial charge in [0.1, 0.15) is 30.1 Å². The summed E-state index contributed by atoms with van der Waals surface area (Å²) in [5.74, 6) is -0.526. The topological polar surface area (TPSA) is 78.2 Å². The number of amides is 1. The summed E-state index contributed by atoms with van der Waals surface area (Å²) in [5.41, 5.74) is -0.232. The van der Waals surface area contributed by atoms with Crippen LogP contribution >= 0.6 is 0 Å². The second-order valence-electron chi connectivity index (χ2n) is 8.81. The second kappa shape index (κ2) is 9.84. The van der Waals surface area contributed by atoms with Gasteiger partial charge in [0.15, 0.2) is 0 Å². The SMILES string of the molecule is CCCC1CCC(CNC(=O)COC2(c3cc(F)ccc3F)CC2)N1c1ccc(C#N)cn1. The number of rotatable bonds is 9. The second-order valence-corrected chi connectivity index (χ2v) is 8.81. The lowest BCUT2D eigenvalue weighted by Gasteiger charge is -2.31. The lowest BCUT2D eigenvalue weighted by Crippen LogP contribution is -2.44. The highest BCUT2D eigenvalue weighted by atomic mass is 19.1. The molecule has 0 radical (unpaired) electrons. The van der Waals surface area contributed by atoms with E-state index in [0.717, 1.165) is 49.7 Å². The minimum Gasteiger partial charge on any atom is -0.360 e. The molecule has 2 heterocycles. The third-order valence-corrected chi connectivity index (χ3v) is 6.52. The molecule has 6 nitrogen and oxygen atoms in total. The Labute approximate surface area is 192 Å². The minimum absolute atomic E-state index is 0.0847. The van der Waals surface area contributed by atoms with Crippen LogP contribution in [0.15, 0.2) is 36.5 Å². The summed E-state index contributed by atoms with van der Waals surface area (Å²) in [5, 5.41) is 12.0. The number of carbonyl (C=O) groups excluding carboxylic acids is 1. The monoisotopic (exact) mass is 454 g/mol. The maximum Gasteiger partial charge on any atom is 0.246 e. The van der Waals surface area contributed by atoms with Gasteiger partial charge in [-0.2, -0.15) is 5.26 Å². The lowest BCUT2D eigenvalue weighted by molar-refractivity contribution is -0.129. The van der Waals surface area contributed by atoms with Crippen LogP contribution in [-0.4, -0.2) is 36.1 Å². The molecule has 2 unspecified atom stereocenters. The molecule has 174 valence electrons. The van der Waals surface area contributed by atoms with Crippen LogP contribution in [0, 0.1) is 23.0 Å². The van der Waals surface area contributed by atoms with Crippen molar-refractivity contribution in [3.05, 3.63) is 59.3 Å². The molecule has 0 bridgehead atoms. The Morgan fingerprint density at radius 1 is 1.27 bits per heavy atom. The highest BCUT2D eigenvalue weighted by Gasteiger charge is 2.48. The first-order valence-corrected chi connectivity index (χ1v) is 11.5. The average molecular weight is 455 g/mol. The summed E-state index contributed by atoms with van der Waals surface area (Å²) in [6.07, 6.45) is 6.68. The maximum atomic E-state index is 14.2. The van der Waals surface area contributed by atoms with Crippen molar-refractivity contribution in [3.63, 3.8) is 0 Å². The first-order chi connectivity index (χ1) is 16.0. The van der Waals surface area contributed by atoms with Crippen molar-refractivity contribution < 1.29 is 18.3 Å². The predicted octanol–water partition coefficient (Wildman–Crippen LogP) is 4.19. The molecule has 8 heteroatoms. The van der Waals surface area contributed by atoms with Crippen LogP contribution in [0.5, 0.6) is 0 Å². The number of nitrogens with zero attached hydrogens (tertiary/aromatic N) is 3.